The van der Waals surface area contributed by atoms with Gasteiger partial charge in [0.1, 0.15) is 0 Å². The summed E-state index contributed by atoms with van der Waals surface area (Å²) < 4.78 is 0. The minimum Gasteiger partial charge on any atom is -0.481 e. The molecule has 0 aliphatic carbocycles. The van der Waals surface area contributed by atoms with E-state index in [1.165, 1.54) is 0 Å². The Balaban J connectivity index is 2.82. The summed E-state index contributed by atoms with van der Waals surface area (Å²) in [6, 6.07) is 9.96. The van der Waals surface area contributed by atoms with Crippen molar-refractivity contribution in [3.8, 4) is 0 Å². The van der Waals surface area contributed by atoms with Crippen LogP contribution in [-0.4, -0.2) is 35.4 Å². The lowest BCUT2D eigenvalue weighted by Gasteiger charge is -2.28. The monoisotopic (exact) mass is 253 g/mol. The average molecular weight is 253 g/mol. The first-order chi connectivity index (χ1) is 8.02. The molecule has 0 fully saturated rings. The Morgan fingerprint density at radius 3 is 2.41 bits per heavy atom. The van der Waals surface area contributed by atoms with Crippen molar-refractivity contribution in [2.75, 3.05) is 14.1 Å². The van der Waals surface area contributed by atoms with Crippen LogP contribution in [0.4, 0.5) is 0 Å². The molecule has 3 nitrogen and oxygen atoms in total. The molecule has 0 spiro atoms. The lowest BCUT2D eigenvalue weighted by atomic mass is 9.93. The maximum atomic E-state index is 10.7. The maximum Gasteiger partial charge on any atom is 0.303 e. The molecule has 0 aliphatic rings. The maximum absolute atomic E-state index is 10.7. The van der Waals surface area contributed by atoms with Crippen LogP contribution in [0, 0.1) is 0 Å². The smallest absolute Gasteiger partial charge is 0.303 e. The SMILES string of the molecule is CN(C)C(S)C(CCC(=O)O)c1ccccc1. The summed E-state index contributed by atoms with van der Waals surface area (Å²) in [4.78, 5) is 12.7. The van der Waals surface area contributed by atoms with Gasteiger partial charge in [-0.1, -0.05) is 30.3 Å². The van der Waals surface area contributed by atoms with Crippen molar-refractivity contribution in [1.82, 2.24) is 4.90 Å². The van der Waals surface area contributed by atoms with Gasteiger partial charge in [-0.15, -0.1) is 0 Å². The number of aliphatic carboxylic acids is 1. The molecule has 2 atom stereocenters. The van der Waals surface area contributed by atoms with Gasteiger partial charge in [0, 0.05) is 12.3 Å². The van der Waals surface area contributed by atoms with Crippen LogP contribution in [0.1, 0.15) is 24.3 Å². The first-order valence-electron chi connectivity index (χ1n) is 5.63. The van der Waals surface area contributed by atoms with E-state index >= 15 is 0 Å². The Kier molecular flexibility index (Phi) is 5.51. The summed E-state index contributed by atoms with van der Waals surface area (Å²) in [5, 5.41) is 8.82. The predicted molar refractivity (Wildman–Crippen MR) is 72.5 cm³/mol. The molecule has 1 aromatic carbocycles. The van der Waals surface area contributed by atoms with Crippen molar-refractivity contribution >= 4 is 18.6 Å². The van der Waals surface area contributed by atoms with Crippen LogP contribution in [0.2, 0.25) is 0 Å². The first-order valence-corrected chi connectivity index (χ1v) is 6.15. The van der Waals surface area contributed by atoms with Crippen molar-refractivity contribution in [2.24, 2.45) is 0 Å². The van der Waals surface area contributed by atoms with Crippen molar-refractivity contribution in [3.05, 3.63) is 35.9 Å². The van der Waals surface area contributed by atoms with Gasteiger partial charge in [-0.3, -0.25) is 9.69 Å². The number of rotatable bonds is 6. The van der Waals surface area contributed by atoms with Gasteiger partial charge >= 0.3 is 5.97 Å². The summed E-state index contributed by atoms with van der Waals surface area (Å²) in [6.45, 7) is 0. The molecule has 0 amide bonds. The fourth-order valence-electron chi connectivity index (χ4n) is 1.83. The topological polar surface area (TPSA) is 40.5 Å². The van der Waals surface area contributed by atoms with Crippen LogP contribution >= 0.6 is 12.6 Å². The standard InChI is InChI=1S/C13H19NO2S/c1-14(2)13(17)11(8-9-12(15)16)10-6-4-3-5-7-10/h3-7,11,13,17H,8-9H2,1-2H3,(H,15,16). The number of thiol groups is 1. The van der Waals surface area contributed by atoms with Crippen molar-refractivity contribution in [1.29, 1.82) is 0 Å². The van der Waals surface area contributed by atoms with E-state index in [9.17, 15) is 4.79 Å². The minimum absolute atomic E-state index is 0.0248. The Hall–Kier alpha value is -1.00. The van der Waals surface area contributed by atoms with Gasteiger partial charge in [-0.2, -0.15) is 12.6 Å². The van der Waals surface area contributed by atoms with Crippen LogP contribution in [0.3, 0.4) is 0 Å². The van der Waals surface area contributed by atoms with Crippen molar-refractivity contribution < 1.29 is 9.90 Å². The zero-order valence-corrected chi connectivity index (χ0v) is 11.1. The van der Waals surface area contributed by atoms with Crippen LogP contribution < -0.4 is 0 Å². The quantitative estimate of drug-likeness (QED) is 0.604. The van der Waals surface area contributed by atoms with Crippen LogP contribution in [0.25, 0.3) is 0 Å². The van der Waals surface area contributed by atoms with E-state index in [-0.39, 0.29) is 17.7 Å². The van der Waals surface area contributed by atoms with Crippen LogP contribution in [0.15, 0.2) is 30.3 Å². The molecule has 17 heavy (non-hydrogen) atoms. The molecule has 1 aromatic rings. The highest BCUT2D eigenvalue weighted by Crippen LogP contribution is 2.29. The van der Waals surface area contributed by atoms with Crippen molar-refractivity contribution in [2.45, 2.75) is 24.1 Å². The third-order valence-electron chi connectivity index (χ3n) is 2.79. The first kappa shape index (κ1) is 14.1. The number of hydrogen-bond acceptors (Lipinski definition) is 3. The highest BCUT2D eigenvalue weighted by atomic mass is 32.1. The summed E-state index contributed by atoms with van der Waals surface area (Å²) >= 11 is 4.57. The molecule has 0 heterocycles. The lowest BCUT2D eigenvalue weighted by molar-refractivity contribution is -0.137. The molecule has 1 N–H and O–H groups in total. The van der Waals surface area contributed by atoms with Gasteiger partial charge in [-0.05, 0) is 26.1 Å². The van der Waals surface area contributed by atoms with Gasteiger partial charge in [0.25, 0.3) is 0 Å². The number of carboxylic acid groups (broad SMARTS) is 1. The van der Waals surface area contributed by atoms with E-state index in [1.54, 1.807) is 0 Å². The van der Waals surface area contributed by atoms with Gasteiger partial charge in [-0.25, -0.2) is 0 Å². The zero-order chi connectivity index (χ0) is 12.8. The summed E-state index contributed by atoms with van der Waals surface area (Å²) in [5.41, 5.74) is 1.14. The van der Waals surface area contributed by atoms with Gasteiger partial charge in [0.15, 0.2) is 0 Å². The Morgan fingerprint density at radius 2 is 1.94 bits per heavy atom. The molecule has 0 aromatic heterocycles. The van der Waals surface area contributed by atoms with E-state index in [2.05, 4.69) is 12.6 Å². The summed E-state index contributed by atoms with van der Waals surface area (Å²) in [5.74, 6) is -0.629. The predicted octanol–water partition coefficient (Wildman–Crippen LogP) is 2.45. The second-order valence-electron chi connectivity index (χ2n) is 4.33. The van der Waals surface area contributed by atoms with E-state index in [1.807, 2.05) is 49.3 Å². The second-order valence-corrected chi connectivity index (χ2v) is 4.86. The third kappa shape index (κ3) is 4.40. The third-order valence-corrected chi connectivity index (χ3v) is 3.61. The molecule has 0 bridgehead atoms. The minimum atomic E-state index is -0.759. The summed E-state index contributed by atoms with van der Waals surface area (Å²) in [7, 11) is 3.91. The fraction of sp³-hybridized carbons (Fsp3) is 0.462. The van der Waals surface area contributed by atoms with Crippen LogP contribution in [0.5, 0.6) is 0 Å². The molecule has 4 heteroatoms. The van der Waals surface area contributed by atoms with E-state index in [0.29, 0.717) is 6.42 Å². The molecule has 0 radical (unpaired) electrons. The molecular weight excluding hydrogens is 234 g/mol. The Labute approximate surface area is 108 Å². The highest BCUT2D eigenvalue weighted by molar-refractivity contribution is 7.80. The highest BCUT2D eigenvalue weighted by Gasteiger charge is 2.22. The average Bonchev–Trinajstić information content (AvgIpc) is 2.30. The second kappa shape index (κ2) is 6.67. The van der Waals surface area contributed by atoms with E-state index in [4.69, 9.17) is 5.11 Å². The summed E-state index contributed by atoms with van der Waals surface area (Å²) in [6.07, 6.45) is 0.774. The molecule has 2 unspecified atom stereocenters. The number of carboxylic acids is 1. The molecule has 1 rings (SSSR count). The molecule has 0 saturated carbocycles. The molecule has 94 valence electrons. The lowest BCUT2D eigenvalue weighted by Crippen LogP contribution is -2.29. The number of nitrogens with zero attached hydrogens (tertiary/aromatic N) is 1. The number of likely N-dealkylation sites (N-methyl/N-ethyl adjacent to an activating group) is 1. The molecule has 0 aliphatic heterocycles. The fourth-order valence-corrected chi connectivity index (χ4v) is 2.15. The van der Waals surface area contributed by atoms with Crippen molar-refractivity contribution in [3.63, 3.8) is 0 Å². The molecule has 0 saturated heterocycles. The van der Waals surface area contributed by atoms with Crippen LogP contribution in [-0.2, 0) is 4.79 Å². The number of carbonyl (C=O) groups is 1. The Morgan fingerprint density at radius 1 is 1.35 bits per heavy atom. The normalized spacial score (nSPS) is 14.6. The zero-order valence-electron chi connectivity index (χ0n) is 10.2. The van der Waals surface area contributed by atoms with Gasteiger partial charge in [0.05, 0.1) is 5.37 Å². The van der Waals surface area contributed by atoms with E-state index in [0.717, 1.165) is 5.56 Å². The van der Waals surface area contributed by atoms with Gasteiger partial charge in [0.2, 0.25) is 0 Å². The molecular formula is C13H19NO2S. The van der Waals surface area contributed by atoms with Gasteiger partial charge < -0.3 is 5.11 Å². The number of benzene rings is 1. The van der Waals surface area contributed by atoms with E-state index < -0.39 is 5.97 Å². The largest absolute Gasteiger partial charge is 0.481 e. The number of hydrogen-bond donors (Lipinski definition) is 2. The Bertz CT molecular complexity index is 354.